The van der Waals surface area contributed by atoms with Gasteiger partial charge in [-0.1, -0.05) is 17.2 Å². The van der Waals surface area contributed by atoms with Gasteiger partial charge in [-0.05, 0) is 20.3 Å². The van der Waals surface area contributed by atoms with Gasteiger partial charge in [0.2, 0.25) is 5.76 Å². The van der Waals surface area contributed by atoms with Crippen molar-refractivity contribution < 1.29 is 13.8 Å². The number of aromatic nitrogens is 3. The van der Waals surface area contributed by atoms with Gasteiger partial charge in [-0.25, -0.2) is 0 Å². The van der Waals surface area contributed by atoms with E-state index in [1.165, 1.54) is 0 Å². The van der Waals surface area contributed by atoms with E-state index in [1.807, 2.05) is 13.8 Å². The molecule has 2 heterocycles. The third kappa shape index (κ3) is 3.18. The molecule has 0 aliphatic heterocycles. The summed E-state index contributed by atoms with van der Waals surface area (Å²) >= 11 is 0. The molecule has 2 rings (SSSR count). The predicted octanol–water partition coefficient (Wildman–Crippen LogP) is 1.63. The molecule has 0 saturated carbocycles. The Hall–Kier alpha value is -1.73. The molecule has 0 fully saturated rings. The highest BCUT2D eigenvalue weighted by Crippen LogP contribution is 2.22. The van der Waals surface area contributed by atoms with Crippen molar-refractivity contribution in [3.63, 3.8) is 0 Å². The van der Waals surface area contributed by atoms with Crippen LogP contribution in [0.5, 0.6) is 0 Å². The summed E-state index contributed by atoms with van der Waals surface area (Å²) in [4.78, 5) is 4.23. The first-order valence-electron chi connectivity index (χ1n) is 6.17. The number of nitrogens with zero attached hydrogens (tertiary/aromatic N) is 3. The summed E-state index contributed by atoms with van der Waals surface area (Å²) in [5.41, 5.74) is 6.07. The fraction of sp³-hybridized carbons (Fsp3) is 0.583. The van der Waals surface area contributed by atoms with E-state index < -0.39 is 5.54 Å². The molecule has 0 radical (unpaired) electrons. The zero-order valence-corrected chi connectivity index (χ0v) is 11.3. The lowest BCUT2D eigenvalue weighted by Crippen LogP contribution is -2.39. The van der Waals surface area contributed by atoms with Crippen molar-refractivity contribution in [1.82, 2.24) is 15.3 Å². The average molecular weight is 266 g/mol. The minimum absolute atomic E-state index is 0.266. The SMILES string of the molecule is CCCOCC(C)(N)c1noc(-c2cc(C)no2)n1. The molecule has 0 aromatic carbocycles. The highest BCUT2D eigenvalue weighted by molar-refractivity contribution is 5.43. The Morgan fingerprint density at radius 3 is 2.79 bits per heavy atom. The number of hydrogen-bond donors (Lipinski definition) is 1. The molecule has 0 spiro atoms. The van der Waals surface area contributed by atoms with Gasteiger partial charge in [0, 0.05) is 12.7 Å². The van der Waals surface area contributed by atoms with Crippen LogP contribution in [0.15, 0.2) is 15.1 Å². The molecule has 0 bridgehead atoms. The van der Waals surface area contributed by atoms with Crippen molar-refractivity contribution in [1.29, 1.82) is 0 Å². The minimum Gasteiger partial charge on any atom is -0.379 e. The van der Waals surface area contributed by atoms with E-state index in [1.54, 1.807) is 13.0 Å². The first kappa shape index (κ1) is 13.7. The van der Waals surface area contributed by atoms with E-state index in [-0.39, 0.29) is 5.89 Å². The van der Waals surface area contributed by atoms with Gasteiger partial charge < -0.3 is 19.5 Å². The molecule has 7 nitrogen and oxygen atoms in total. The van der Waals surface area contributed by atoms with Gasteiger partial charge in [0.15, 0.2) is 5.82 Å². The molecule has 1 unspecified atom stereocenters. The Labute approximate surface area is 111 Å². The minimum atomic E-state index is -0.800. The molecular formula is C12H18N4O3. The van der Waals surface area contributed by atoms with Gasteiger partial charge in [-0.2, -0.15) is 4.98 Å². The second-order valence-corrected chi connectivity index (χ2v) is 4.73. The molecular weight excluding hydrogens is 248 g/mol. The Kier molecular flexibility index (Phi) is 3.96. The van der Waals surface area contributed by atoms with Crippen LogP contribution in [0, 0.1) is 6.92 Å². The Bertz CT molecular complexity index is 533. The zero-order chi connectivity index (χ0) is 13.9. The number of nitrogens with two attached hydrogens (primary N) is 1. The van der Waals surface area contributed by atoms with Crippen molar-refractivity contribution in [2.75, 3.05) is 13.2 Å². The monoisotopic (exact) mass is 266 g/mol. The van der Waals surface area contributed by atoms with E-state index in [4.69, 9.17) is 19.5 Å². The molecule has 0 saturated heterocycles. The van der Waals surface area contributed by atoms with Crippen molar-refractivity contribution in [3.05, 3.63) is 17.6 Å². The van der Waals surface area contributed by atoms with Crippen LogP contribution in [0.1, 0.15) is 31.8 Å². The van der Waals surface area contributed by atoms with Crippen LogP contribution >= 0.6 is 0 Å². The summed E-state index contributed by atoms with van der Waals surface area (Å²) in [6, 6.07) is 1.72. The first-order valence-corrected chi connectivity index (χ1v) is 6.17. The summed E-state index contributed by atoms with van der Waals surface area (Å²) in [5.74, 6) is 1.08. The smallest absolute Gasteiger partial charge is 0.296 e. The molecule has 19 heavy (non-hydrogen) atoms. The van der Waals surface area contributed by atoms with E-state index in [9.17, 15) is 0 Å². The van der Waals surface area contributed by atoms with Gasteiger partial charge in [0.1, 0.15) is 5.54 Å². The van der Waals surface area contributed by atoms with E-state index in [2.05, 4.69) is 15.3 Å². The Morgan fingerprint density at radius 1 is 1.37 bits per heavy atom. The van der Waals surface area contributed by atoms with Crippen molar-refractivity contribution >= 4 is 0 Å². The molecule has 104 valence electrons. The maximum atomic E-state index is 6.12. The maximum absolute atomic E-state index is 6.12. The highest BCUT2D eigenvalue weighted by atomic mass is 16.5. The van der Waals surface area contributed by atoms with Gasteiger partial charge in [0.25, 0.3) is 5.89 Å². The van der Waals surface area contributed by atoms with E-state index in [0.29, 0.717) is 24.8 Å². The van der Waals surface area contributed by atoms with Gasteiger partial charge in [-0.3, -0.25) is 0 Å². The third-order valence-electron chi connectivity index (χ3n) is 2.53. The normalized spacial score (nSPS) is 14.5. The van der Waals surface area contributed by atoms with E-state index >= 15 is 0 Å². The Balaban J connectivity index is 2.11. The fourth-order valence-corrected chi connectivity index (χ4v) is 1.51. The predicted molar refractivity (Wildman–Crippen MR) is 67.2 cm³/mol. The summed E-state index contributed by atoms with van der Waals surface area (Å²) in [7, 11) is 0. The van der Waals surface area contributed by atoms with Crippen LogP contribution in [0.25, 0.3) is 11.7 Å². The molecule has 0 aliphatic rings. The number of rotatable bonds is 6. The Morgan fingerprint density at radius 2 is 2.16 bits per heavy atom. The largest absolute Gasteiger partial charge is 0.379 e. The quantitative estimate of drug-likeness (QED) is 0.793. The zero-order valence-electron chi connectivity index (χ0n) is 11.3. The molecule has 0 aliphatic carbocycles. The van der Waals surface area contributed by atoms with Gasteiger partial charge in [-0.15, -0.1) is 0 Å². The summed E-state index contributed by atoms with van der Waals surface area (Å²) in [6.07, 6.45) is 0.935. The van der Waals surface area contributed by atoms with Crippen LogP contribution in [0.2, 0.25) is 0 Å². The lowest BCUT2D eigenvalue weighted by atomic mass is 10.1. The van der Waals surface area contributed by atoms with Crippen LogP contribution < -0.4 is 5.73 Å². The van der Waals surface area contributed by atoms with Crippen LogP contribution in [0.3, 0.4) is 0 Å². The number of hydrogen-bond acceptors (Lipinski definition) is 7. The molecule has 0 amide bonds. The van der Waals surface area contributed by atoms with E-state index in [0.717, 1.165) is 12.1 Å². The van der Waals surface area contributed by atoms with Crippen molar-refractivity contribution in [2.45, 2.75) is 32.7 Å². The average Bonchev–Trinajstić information content (AvgIpc) is 2.97. The fourth-order valence-electron chi connectivity index (χ4n) is 1.51. The molecule has 7 heteroatoms. The van der Waals surface area contributed by atoms with Crippen molar-refractivity contribution in [2.24, 2.45) is 5.73 Å². The molecule has 1 atom stereocenters. The second-order valence-electron chi connectivity index (χ2n) is 4.73. The lowest BCUT2D eigenvalue weighted by Gasteiger charge is -2.19. The summed E-state index contributed by atoms with van der Waals surface area (Å²) in [5, 5.41) is 7.64. The standard InChI is InChI=1S/C12H18N4O3/c1-4-5-17-7-12(3,13)11-14-10(19-16-11)9-6-8(2)15-18-9/h6H,4-5,7,13H2,1-3H3. The van der Waals surface area contributed by atoms with Gasteiger partial charge in [0.05, 0.1) is 12.3 Å². The number of ether oxygens (including phenoxy) is 1. The third-order valence-corrected chi connectivity index (χ3v) is 2.53. The highest BCUT2D eigenvalue weighted by Gasteiger charge is 2.28. The van der Waals surface area contributed by atoms with Crippen LogP contribution in [-0.2, 0) is 10.3 Å². The topological polar surface area (TPSA) is 100 Å². The summed E-state index contributed by atoms with van der Waals surface area (Å²) < 4.78 is 15.6. The van der Waals surface area contributed by atoms with Crippen molar-refractivity contribution in [3.8, 4) is 11.7 Å². The number of aryl methyl sites for hydroxylation is 1. The molecule has 2 aromatic rings. The maximum Gasteiger partial charge on any atom is 0.296 e. The second kappa shape index (κ2) is 5.50. The van der Waals surface area contributed by atoms with Crippen LogP contribution in [0.4, 0.5) is 0 Å². The molecule has 2 aromatic heterocycles. The molecule has 2 N–H and O–H groups in total. The lowest BCUT2D eigenvalue weighted by molar-refractivity contribution is 0.0867. The van der Waals surface area contributed by atoms with Gasteiger partial charge >= 0.3 is 0 Å². The summed E-state index contributed by atoms with van der Waals surface area (Å²) in [6.45, 7) is 6.62. The van der Waals surface area contributed by atoms with Crippen LogP contribution in [-0.4, -0.2) is 28.5 Å². The first-order chi connectivity index (χ1) is 9.03.